The Morgan fingerprint density at radius 1 is 1.04 bits per heavy atom. The van der Waals surface area contributed by atoms with Gasteiger partial charge in [0, 0.05) is 52.4 Å². The number of hydrogen-bond donors (Lipinski definition) is 1. The molecule has 0 spiro atoms. The predicted molar refractivity (Wildman–Crippen MR) is 106 cm³/mol. The SMILES string of the molecule is CC(C)Oc1ccccc1NC(=O)N1CCN(CCN2CCOCC2)CC1. The number of nitrogens with one attached hydrogen (secondary N) is 1. The first kappa shape index (κ1) is 19.9. The molecule has 2 amide bonds. The van der Waals surface area contributed by atoms with Gasteiger partial charge in [0.1, 0.15) is 5.75 Å². The second-order valence-electron chi connectivity index (χ2n) is 7.38. The van der Waals surface area contributed by atoms with Gasteiger partial charge < -0.3 is 19.7 Å². The Morgan fingerprint density at radius 2 is 1.67 bits per heavy atom. The summed E-state index contributed by atoms with van der Waals surface area (Å²) in [4.78, 5) is 19.4. The van der Waals surface area contributed by atoms with E-state index in [2.05, 4.69) is 15.1 Å². The number of urea groups is 1. The summed E-state index contributed by atoms with van der Waals surface area (Å²) in [5.74, 6) is 0.713. The van der Waals surface area contributed by atoms with Gasteiger partial charge in [0.15, 0.2) is 0 Å². The van der Waals surface area contributed by atoms with Crippen molar-refractivity contribution >= 4 is 11.7 Å². The molecule has 2 aliphatic heterocycles. The van der Waals surface area contributed by atoms with Crippen LogP contribution in [0, 0.1) is 0 Å². The Balaban J connectivity index is 1.43. The van der Waals surface area contributed by atoms with Crippen LogP contribution in [0.2, 0.25) is 0 Å². The van der Waals surface area contributed by atoms with Crippen LogP contribution in [0.1, 0.15) is 13.8 Å². The van der Waals surface area contributed by atoms with Crippen LogP contribution < -0.4 is 10.1 Å². The smallest absolute Gasteiger partial charge is 0.322 e. The second kappa shape index (κ2) is 9.92. The van der Waals surface area contributed by atoms with Crippen molar-refractivity contribution in [2.45, 2.75) is 20.0 Å². The third-order valence-electron chi connectivity index (χ3n) is 4.99. The minimum Gasteiger partial charge on any atom is -0.489 e. The van der Waals surface area contributed by atoms with Crippen molar-refractivity contribution in [1.82, 2.24) is 14.7 Å². The van der Waals surface area contributed by atoms with Gasteiger partial charge in [0.2, 0.25) is 0 Å². The number of hydrogen-bond acceptors (Lipinski definition) is 5. The Morgan fingerprint density at radius 3 is 2.33 bits per heavy atom. The molecule has 2 aliphatic rings. The van der Waals surface area contributed by atoms with Gasteiger partial charge in [-0.1, -0.05) is 12.1 Å². The van der Waals surface area contributed by atoms with E-state index in [0.29, 0.717) is 5.75 Å². The molecule has 1 aromatic carbocycles. The van der Waals surface area contributed by atoms with Gasteiger partial charge in [0.25, 0.3) is 0 Å². The van der Waals surface area contributed by atoms with Crippen molar-refractivity contribution in [3.05, 3.63) is 24.3 Å². The molecule has 1 N–H and O–H groups in total. The molecule has 0 atom stereocenters. The number of piperazine rings is 1. The fraction of sp³-hybridized carbons (Fsp3) is 0.650. The Hall–Kier alpha value is -1.83. The van der Waals surface area contributed by atoms with Gasteiger partial charge in [-0.25, -0.2) is 4.79 Å². The molecule has 0 bridgehead atoms. The zero-order chi connectivity index (χ0) is 19.1. The zero-order valence-electron chi connectivity index (χ0n) is 16.5. The van der Waals surface area contributed by atoms with Crippen LogP contribution in [0.15, 0.2) is 24.3 Å². The zero-order valence-corrected chi connectivity index (χ0v) is 16.5. The molecule has 0 radical (unpaired) electrons. The summed E-state index contributed by atoms with van der Waals surface area (Å²) < 4.78 is 11.2. The third-order valence-corrected chi connectivity index (χ3v) is 4.99. The average Bonchev–Trinajstić information content (AvgIpc) is 2.69. The van der Waals surface area contributed by atoms with Crippen molar-refractivity contribution in [3.8, 4) is 5.75 Å². The number of anilines is 1. The van der Waals surface area contributed by atoms with E-state index in [9.17, 15) is 4.79 Å². The molecule has 2 heterocycles. The normalized spacial score (nSPS) is 19.3. The topological polar surface area (TPSA) is 57.3 Å². The van der Waals surface area contributed by atoms with Gasteiger partial charge >= 0.3 is 6.03 Å². The lowest BCUT2D eigenvalue weighted by molar-refractivity contribution is 0.0311. The highest BCUT2D eigenvalue weighted by molar-refractivity contribution is 5.91. The van der Waals surface area contributed by atoms with E-state index in [1.54, 1.807) is 0 Å². The largest absolute Gasteiger partial charge is 0.489 e. The summed E-state index contributed by atoms with van der Waals surface area (Å²) in [6.45, 7) is 13.2. The van der Waals surface area contributed by atoms with E-state index in [1.165, 1.54) is 0 Å². The second-order valence-corrected chi connectivity index (χ2v) is 7.38. The monoisotopic (exact) mass is 376 g/mol. The van der Waals surface area contributed by atoms with Gasteiger partial charge in [-0.15, -0.1) is 0 Å². The third kappa shape index (κ3) is 6.09. The number of ether oxygens (including phenoxy) is 2. The first-order chi connectivity index (χ1) is 13.1. The summed E-state index contributed by atoms with van der Waals surface area (Å²) in [5, 5.41) is 3.01. The van der Waals surface area contributed by atoms with Crippen molar-refractivity contribution in [2.24, 2.45) is 0 Å². The molecule has 0 saturated carbocycles. The number of carbonyl (C=O) groups excluding carboxylic acids is 1. The molecule has 1 aromatic rings. The maximum Gasteiger partial charge on any atom is 0.322 e. The van der Waals surface area contributed by atoms with E-state index in [1.807, 2.05) is 43.0 Å². The van der Waals surface area contributed by atoms with Crippen molar-refractivity contribution < 1.29 is 14.3 Å². The van der Waals surface area contributed by atoms with E-state index < -0.39 is 0 Å². The highest BCUT2D eigenvalue weighted by Crippen LogP contribution is 2.25. The van der Waals surface area contributed by atoms with E-state index in [-0.39, 0.29) is 12.1 Å². The van der Waals surface area contributed by atoms with Gasteiger partial charge in [-0.05, 0) is 26.0 Å². The van der Waals surface area contributed by atoms with Crippen LogP contribution in [-0.4, -0.2) is 92.4 Å². The molecule has 0 aliphatic carbocycles. The number of benzene rings is 1. The lowest BCUT2D eigenvalue weighted by atomic mass is 10.2. The summed E-state index contributed by atoms with van der Waals surface area (Å²) in [5.41, 5.74) is 0.728. The molecule has 150 valence electrons. The minimum absolute atomic E-state index is 0.0531. The average molecular weight is 377 g/mol. The van der Waals surface area contributed by atoms with Crippen LogP contribution in [-0.2, 0) is 4.74 Å². The van der Waals surface area contributed by atoms with E-state index >= 15 is 0 Å². The highest BCUT2D eigenvalue weighted by Gasteiger charge is 2.22. The fourth-order valence-electron chi connectivity index (χ4n) is 3.40. The Labute approximate surface area is 162 Å². The summed E-state index contributed by atoms with van der Waals surface area (Å²) in [6.07, 6.45) is 0.0677. The lowest BCUT2D eigenvalue weighted by Gasteiger charge is -2.36. The van der Waals surface area contributed by atoms with Crippen molar-refractivity contribution in [1.29, 1.82) is 0 Å². The maximum atomic E-state index is 12.6. The molecular formula is C20H32N4O3. The van der Waals surface area contributed by atoms with Crippen LogP contribution in [0.4, 0.5) is 10.5 Å². The highest BCUT2D eigenvalue weighted by atomic mass is 16.5. The van der Waals surface area contributed by atoms with Crippen molar-refractivity contribution in [2.75, 3.05) is 70.9 Å². The Bertz CT molecular complexity index is 597. The molecule has 7 heteroatoms. The van der Waals surface area contributed by atoms with Crippen LogP contribution in [0.25, 0.3) is 0 Å². The standard InChI is InChI=1S/C20H32N4O3/c1-17(2)27-19-6-4-3-5-18(19)21-20(25)24-11-9-22(10-12-24)7-8-23-13-15-26-16-14-23/h3-6,17H,7-16H2,1-2H3,(H,21,25). The molecular weight excluding hydrogens is 344 g/mol. The molecule has 2 saturated heterocycles. The number of carbonyl (C=O) groups is 1. The minimum atomic E-state index is -0.0531. The Kier molecular flexibility index (Phi) is 7.32. The summed E-state index contributed by atoms with van der Waals surface area (Å²) in [6, 6.07) is 7.54. The number of para-hydroxylation sites is 2. The number of nitrogens with zero attached hydrogens (tertiary/aromatic N) is 3. The summed E-state index contributed by atoms with van der Waals surface area (Å²) in [7, 11) is 0. The molecule has 0 unspecified atom stereocenters. The van der Waals surface area contributed by atoms with Crippen molar-refractivity contribution in [3.63, 3.8) is 0 Å². The first-order valence-corrected chi connectivity index (χ1v) is 9.96. The molecule has 7 nitrogen and oxygen atoms in total. The molecule has 3 rings (SSSR count). The van der Waals surface area contributed by atoms with E-state index in [4.69, 9.17) is 9.47 Å². The maximum absolute atomic E-state index is 12.6. The number of rotatable bonds is 6. The van der Waals surface area contributed by atoms with Crippen LogP contribution in [0.3, 0.4) is 0 Å². The predicted octanol–water partition coefficient (Wildman–Crippen LogP) is 1.96. The van der Waals surface area contributed by atoms with E-state index in [0.717, 1.165) is 71.3 Å². The van der Waals surface area contributed by atoms with Gasteiger partial charge in [-0.2, -0.15) is 0 Å². The summed E-state index contributed by atoms with van der Waals surface area (Å²) >= 11 is 0. The molecule has 0 aromatic heterocycles. The molecule has 2 fully saturated rings. The van der Waals surface area contributed by atoms with Gasteiger partial charge in [0.05, 0.1) is 25.0 Å². The van der Waals surface area contributed by atoms with Crippen LogP contribution in [0.5, 0.6) is 5.75 Å². The van der Waals surface area contributed by atoms with Crippen LogP contribution >= 0.6 is 0 Å². The molecule has 27 heavy (non-hydrogen) atoms. The quantitative estimate of drug-likeness (QED) is 0.823. The fourth-order valence-corrected chi connectivity index (χ4v) is 3.40. The number of morpholine rings is 1. The lowest BCUT2D eigenvalue weighted by Crippen LogP contribution is -2.51. The first-order valence-electron chi connectivity index (χ1n) is 9.96. The van der Waals surface area contributed by atoms with Gasteiger partial charge in [-0.3, -0.25) is 9.80 Å². The number of amides is 2.